The zero-order valence-corrected chi connectivity index (χ0v) is 13.7. The number of amides is 1. The molecular weight excluding hydrogens is 348 g/mol. The van der Waals surface area contributed by atoms with E-state index < -0.39 is 15.7 Å². The number of carbonyl (C=O) groups excluding carboxylic acids is 1. The molecule has 2 heterocycles. The summed E-state index contributed by atoms with van der Waals surface area (Å²) in [6.45, 7) is 1.07. The lowest BCUT2D eigenvalue weighted by Gasteiger charge is -2.28. The summed E-state index contributed by atoms with van der Waals surface area (Å²) in [5.74, 6) is -0.549. The zero-order valence-electron chi connectivity index (χ0n) is 11.2. The second-order valence-corrected chi connectivity index (χ2v) is 7.25. The van der Waals surface area contributed by atoms with Crippen LogP contribution in [0.3, 0.4) is 0 Å². The predicted molar refractivity (Wildman–Crippen MR) is 80.7 cm³/mol. The van der Waals surface area contributed by atoms with Gasteiger partial charge < -0.3 is 11.1 Å². The first-order valence-electron chi connectivity index (χ1n) is 6.12. The highest BCUT2D eigenvalue weighted by molar-refractivity contribution is 8.93. The lowest BCUT2D eigenvalue weighted by molar-refractivity contribution is 0.0994. The van der Waals surface area contributed by atoms with Crippen LogP contribution < -0.4 is 11.1 Å². The van der Waals surface area contributed by atoms with Gasteiger partial charge in [0.2, 0.25) is 0 Å². The molecule has 2 rings (SSSR count). The molecule has 0 saturated carbocycles. The number of rotatable bonds is 4. The number of piperidine rings is 1. The number of nitrogens with one attached hydrogen (secondary N) is 1. The smallest absolute Gasteiger partial charge is 0.269 e. The van der Waals surface area contributed by atoms with Gasteiger partial charge in [-0.1, -0.05) is 0 Å². The maximum Gasteiger partial charge on any atom is 0.269 e. The van der Waals surface area contributed by atoms with Crippen LogP contribution in [0.4, 0.5) is 0 Å². The molecule has 2 atom stereocenters. The Hall–Kier alpha value is -0.930. The molecular formula is C11H19BrN4O3S. The van der Waals surface area contributed by atoms with Gasteiger partial charge >= 0.3 is 0 Å². The highest BCUT2D eigenvalue weighted by Gasteiger charge is 2.27. The van der Waals surface area contributed by atoms with E-state index in [1.165, 1.54) is 6.26 Å². The van der Waals surface area contributed by atoms with Gasteiger partial charge in [-0.15, -0.1) is 17.0 Å². The van der Waals surface area contributed by atoms with Crippen molar-refractivity contribution in [3.8, 4) is 0 Å². The zero-order chi connectivity index (χ0) is 14.0. The molecule has 3 N–H and O–H groups in total. The summed E-state index contributed by atoms with van der Waals surface area (Å²) in [6, 6.07) is 1.74. The molecule has 0 unspecified atom stereocenters. The minimum Gasteiger partial charge on any atom is -0.364 e. The number of primary amides is 1. The molecule has 0 radical (unpaired) electrons. The number of hydrogen-bond donors (Lipinski definition) is 2. The molecule has 0 bridgehead atoms. The van der Waals surface area contributed by atoms with Crippen LogP contribution in [0.25, 0.3) is 0 Å². The maximum atomic E-state index is 11.4. The first-order chi connectivity index (χ1) is 8.86. The molecule has 7 nitrogen and oxygen atoms in total. The normalized spacial score (nSPS) is 23.1. The highest BCUT2D eigenvalue weighted by atomic mass is 79.9. The summed E-state index contributed by atoms with van der Waals surface area (Å²) >= 11 is 0. The summed E-state index contributed by atoms with van der Waals surface area (Å²) in [6.07, 6.45) is 4.39. The summed E-state index contributed by atoms with van der Waals surface area (Å²) in [5.41, 5.74) is 5.37. The lowest BCUT2D eigenvalue weighted by atomic mass is 10.0. The summed E-state index contributed by atoms with van der Waals surface area (Å²) in [4.78, 5) is 10.9. The molecule has 20 heavy (non-hydrogen) atoms. The van der Waals surface area contributed by atoms with Crippen LogP contribution >= 0.6 is 17.0 Å². The van der Waals surface area contributed by atoms with Crippen molar-refractivity contribution < 1.29 is 13.2 Å². The van der Waals surface area contributed by atoms with Crippen molar-refractivity contribution in [2.24, 2.45) is 5.73 Å². The van der Waals surface area contributed by atoms with Crippen molar-refractivity contribution in [2.45, 2.75) is 30.7 Å². The molecule has 0 aromatic carbocycles. The molecule has 1 amide bonds. The first-order valence-corrected chi connectivity index (χ1v) is 8.07. The minimum absolute atomic E-state index is 0. The Kier molecular flexibility index (Phi) is 5.72. The average molecular weight is 367 g/mol. The van der Waals surface area contributed by atoms with E-state index in [0.29, 0.717) is 19.5 Å². The van der Waals surface area contributed by atoms with Gasteiger partial charge in [0.1, 0.15) is 5.69 Å². The van der Waals surface area contributed by atoms with Gasteiger partial charge in [0.15, 0.2) is 9.84 Å². The second-order valence-electron chi connectivity index (χ2n) is 4.92. The first kappa shape index (κ1) is 17.1. The fraction of sp³-hybridized carbons (Fsp3) is 0.636. The van der Waals surface area contributed by atoms with E-state index in [0.717, 1.165) is 6.42 Å². The van der Waals surface area contributed by atoms with E-state index in [2.05, 4.69) is 10.4 Å². The highest BCUT2D eigenvalue weighted by Crippen LogP contribution is 2.15. The van der Waals surface area contributed by atoms with E-state index in [9.17, 15) is 13.2 Å². The number of hydrogen-bond acceptors (Lipinski definition) is 5. The fourth-order valence-electron chi connectivity index (χ4n) is 2.23. The Morgan fingerprint density at radius 3 is 2.70 bits per heavy atom. The van der Waals surface area contributed by atoms with E-state index in [4.69, 9.17) is 5.73 Å². The maximum absolute atomic E-state index is 11.4. The standard InChI is InChI=1S/C11H18N4O3S.BrH/c1-19(17,18)9-3-2-8(13-6-9)7-15-5-4-10(14-15)11(12)16;/h4-5,8-9,13H,2-3,6-7H2,1H3,(H2,12,16);1H/t8-,9+;/m1./s1. The topological polar surface area (TPSA) is 107 Å². The molecule has 0 spiro atoms. The summed E-state index contributed by atoms with van der Waals surface area (Å²) in [5, 5.41) is 6.96. The van der Waals surface area contributed by atoms with Crippen LogP contribution in [0.2, 0.25) is 0 Å². The van der Waals surface area contributed by atoms with E-state index in [1.54, 1.807) is 16.9 Å². The third kappa shape index (κ3) is 4.29. The third-order valence-electron chi connectivity index (χ3n) is 3.38. The van der Waals surface area contributed by atoms with Crippen LogP contribution in [0.1, 0.15) is 23.3 Å². The quantitative estimate of drug-likeness (QED) is 0.762. The molecule has 1 aromatic heterocycles. The van der Waals surface area contributed by atoms with Crippen molar-refractivity contribution in [2.75, 3.05) is 12.8 Å². The van der Waals surface area contributed by atoms with Gasteiger partial charge in [0.05, 0.1) is 11.8 Å². The number of nitrogens with zero attached hydrogens (tertiary/aromatic N) is 2. The largest absolute Gasteiger partial charge is 0.364 e. The molecule has 1 saturated heterocycles. The monoisotopic (exact) mass is 366 g/mol. The molecule has 9 heteroatoms. The Bertz CT molecular complexity index is 564. The van der Waals surface area contributed by atoms with Crippen LogP contribution in [0.5, 0.6) is 0 Å². The van der Waals surface area contributed by atoms with Crippen LogP contribution in [-0.2, 0) is 16.4 Å². The minimum atomic E-state index is -2.98. The van der Waals surface area contributed by atoms with E-state index in [1.807, 2.05) is 0 Å². The van der Waals surface area contributed by atoms with Crippen molar-refractivity contribution >= 4 is 32.7 Å². The molecule has 114 valence electrons. The SMILES string of the molecule is Br.CS(=O)(=O)[C@H]1CC[C@H](Cn2ccc(C(N)=O)n2)NC1. The Labute approximate surface area is 128 Å². The van der Waals surface area contributed by atoms with Gasteiger partial charge in [-0.2, -0.15) is 5.10 Å². The molecule has 1 fully saturated rings. The van der Waals surface area contributed by atoms with E-state index >= 15 is 0 Å². The molecule has 1 aliphatic rings. The van der Waals surface area contributed by atoms with Crippen LogP contribution in [0.15, 0.2) is 12.3 Å². The Morgan fingerprint density at radius 1 is 1.55 bits per heavy atom. The van der Waals surface area contributed by atoms with Gasteiger partial charge in [-0.05, 0) is 18.9 Å². The summed E-state index contributed by atoms with van der Waals surface area (Å²) in [7, 11) is -2.98. The van der Waals surface area contributed by atoms with Gasteiger partial charge in [-0.25, -0.2) is 8.42 Å². The fourth-order valence-corrected chi connectivity index (χ4v) is 3.19. The van der Waals surface area contributed by atoms with E-state index in [-0.39, 0.29) is 34.0 Å². The van der Waals surface area contributed by atoms with Crippen molar-refractivity contribution in [3.63, 3.8) is 0 Å². The van der Waals surface area contributed by atoms with Crippen LogP contribution in [-0.4, -0.2) is 48.2 Å². The van der Waals surface area contributed by atoms with Gasteiger partial charge in [0.25, 0.3) is 5.91 Å². The number of sulfone groups is 1. The van der Waals surface area contributed by atoms with Crippen molar-refractivity contribution in [1.29, 1.82) is 0 Å². The average Bonchev–Trinajstić information content (AvgIpc) is 2.77. The molecule has 1 aliphatic heterocycles. The lowest BCUT2D eigenvalue weighted by Crippen LogP contribution is -2.46. The molecule has 0 aliphatic carbocycles. The number of halogens is 1. The Balaban J connectivity index is 0.00000200. The van der Waals surface area contributed by atoms with Crippen molar-refractivity contribution in [3.05, 3.63) is 18.0 Å². The number of carbonyl (C=O) groups is 1. The number of aromatic nitrogens is 2. The number of nitrogens with two attached hydrogens (primary N) is 1. The Morgan fingerprint density at radius 2 is 2.25 bits per heavy atom. The second kappa shape index (κ2) is 6.68. The van der Waals surface area contributed by atoms with Gasteiger partial charge in [0, 0.05) is 25.0 Å². The molecule has 1 aromatic rings. The van der Waals surface area contributed by atoms with Gasteiger partial charge in [-0.3, -0.25) is 9.48 Å². The summed E-state index contributed by atoms with van der Waals surface area (Å²) < 4.78 is 24.5. The predicted octanol–water partition coefficient (Wildman–Crippen LogP) is -0.275. The van der Waals surface area contributed by atoms with Crippen molar-refractivity contribution in [1.82, 2.24) is 15.1 Å². The third-order valence-corrected chi connectivity index (χ3v) is 4.99. The van der Waals surface area contributed by atoms with Crippen LogP contribution in [0, 0.1) is 0 Å².